The van der Waals surface area contributed by atoms with Crippen molar-refractivity contribution in [3.05, 3.63) is 119 Å². The number of hydrogen-bond acceptors (Lipinski definition) is 5. The van der Waals surface area contributed by atoms with Crippen LogP contribution in [0.4, 0.5) is 0 Å². The van der Waals surface area contributed by atoms with E-state index in [1.54, 1.807) is 0 Å². The Kier molecular flexibility index (Phi) is 12.9. The fourth-order valence-electron chi connectivity index (χ4n) is 10.8. The molecule has 334 valence electrons. The highest BCUT2D eigenvalue weighted by molar-refractivity contribution is 6.01. The van der Waals surface area contributed by atoms with E-state index in [9.17, 15) is 24.3 Å². The predicted octanol–water partition coefficient (Wildman–Crippen LogP) is 11.7. The monoisotopic (exact) mass is 853 g/mol. The van der Waals surface area contributed by atoms with Crippen LogP contribution >= 0.6 is 0 Å². The zero-order valence-electron chi connectivity index (χ0n) is 38.6. The summed E-state index contributed by atoms with van der Waals surface area (Å²) in [4.78, 5) is 50.3. The van der Waals surface area contributed by atoms with Crippen molar-refractivity contribution < 1.29 is 29.0 Å². The van der Waals surface area contributed by atoms with Gasteiger partial charge in [0.15, 0.2) is 0 Å². The Morgan fingerprint density at radius 2 is 0.841 bits per heavy atom. The van der Waals surface area contributed by atoms with Crippen molar-refractivity contribution in [2.75, 3.05) is 20.2 Å². The second-order valence-corrected chi connectivity index (χ2v) is 21.5. The number of ether oxygens (including phenoxy) is 1. The number of methoxy groups -OCH3 is 1. The number of carboxylic acids is 1. The van der Waals surface area contributed by atoms with E-state index in [-0.39, 0.29) is 44.9 Å². The summed E-state index contributed by atoms with van der Waals surface area (Å²) in [6.07, 6.45) is 10.4. The third kappa shape index (κ3) is 9.66. The third-order valence-corrected chi connectivity index (χ3v) is 15.6. The standard InChI is InChI=1S/C28H35NO3.C27H33NO3/c1-26(2,3)21-11-9-20(10-12-21)22-7-5-6-8-23(22)24(30)29-19-27-13-16-28(17-14-27,18-15-27)25(31)32-4;1-25(2,3)20-10-8-19(9-11-20)21-6-4-5-7-22(21)23(29)28-18-26-12-15-27(16-13-26,17-14-26)24(30)31/h5-12H,13-19H2,1-4H3,(H,29,30);4-11H,12-18H2,1-3H3,(H,28,29)(H,30,31). The number of carbonyl (C=O) groups is 4. The number of aliphatic carboxylic acids is 1. The molecule has 4 aromatic rings. The van der Waals surface area contributed by atoms with Crippen LogP contribution < -0.4 is 10.6 Å². The van der Waals surface area contributed by atoms with Crippen molar-refractivity contribution in [2.24, 2.45) is 21.7 Å². The Morgan fingerprint density at radius 1 is 0.508 bits per heavy atom. The van der Waals surface area contributed by atoms with E-state index in [2.05, 4.69) is 101 Å². The Labute approximate surface area is 375 Å². The van der Waals surface area contributed by atoms with Crippen LogP contribution in [0, 0.1) is 21.7 Å². The van der Waals surface area contributed by atoms with Gasteiger partial charge in [-0.25, -0.2) is 0 Å². The normalized spacial score (nSPS) is 25.0. The van der Waals surface area contributed by atoms with Gasteiger partial charge in [-0.05, 0) is 144 Å². The molecular weight excluding hydrogens is 785 g/mol. The second-order valence-electron chi connectivity index (χ2n) is 21.5. The summed E-state index contributed by atoms with van der Waals surface area (Å²) in [7, 11) is 1.49. The quantitative estimate of drug-likeness (QED) is 0.137. The average molecular weight is 853 g/mol. The summed E-state index contributed by atoms with van der Waals surface area (Å²) < 4.78 is 5.07. The highest BCUT2D eigenvalue weighted by atomic mass is 16.5. The Balaban J connectivity index is 0.000000189. The second kappa shape index (κ2) is 17.7. The maximum atomic E-state index is 13.2. The summed E-state index contributed by atoms with van der Waals surface area (Å²) >= 11 is 0. The minimum atomic E-state index is -0.642. The van der Waals surface area contributed by atoms with Gasteiger partial charge in [-0.2, -0.15) is 0 Å². The van der Waals surface area contributed by atoms with Crippen LogP contribution in [0.1, 0.15) is 150 Å². The Bertz CT molecular complexity index is 2260. The number of carbonyl (C=O) groups excluding carboxylic acids is 3. The van der Waals surface area contributed by atoms with Crippen molar-refractivity contribution in [1.29, 1.82) is 0 Å². The molecular formula is C55H68N2O6. The highest BCUT2D eigenvalue weighted by Gasteiger charge is 2.54. The zero-order valence-corrected chi connectivity index (χ0v) is 38.6. The van der Waals surface area contributed by atoms with Crippen LogP contribution in [0.5, 0.6) is 0 Å². The van der Waals surface area contributed by atoms with Crippen LogP contribution in [-0.2, 0) is 25.2 Å². The molecule has 0 aliphatic heterocycles. The van der Waals surface area contributed by atoms with Crippen LogP contribution in [0.25, 0.3) is 22.3 Å². The number of hydrogen-bond donors (Lipinski definition) is 3. The Hall–Kier alpha value is -5.24. The first-order valence-electron chi connectivity index (χ1n) is 23.1. The molecule has 0 spiro atoms. The summed E-state index contributed by atoms with van der Waals surface area (Å²) in [6.45, 7) is 14.5. The SMILES string of the molecule is CC(C)(C)c1ccc(-c2ccccc2C(=O)NCC23CCC(C(=O)O)(CC2)CC3)cc1.COC(=O)C12CCC(CNC(=O)c3ccccc3-c3ccc(C(C)(C)C)cc3)(CC1)CC2. The van der Waals surface area contributed by atoms with Gasteiger partial charge in [0.25, 0.3) is 11.8 Å². The number of benzene rings is 4. The molecule has 4 aromatic carbocycles. The zero-order chi connectivity index (χ0) is 45.3. The van der Waals surface area contributed by atoms with Crippen LogP contribution in [0.2, 0.25) is 0 Å². The molecule has 3 N–H and O–H groups in total. The molecule has 0 aromatic heterocycles. The molecule has 0 unspecified atom stereocenters. The van der Waals surface area contributed by atoms with E-state index >= 15 is 0 Å². The van der Waals surface area contributed by atoms with E-state index in [0.717, 1.165) is 99.3 Å². The molecule has 0 heterocycles. The first-order chi connectivity index (χ1) is 29.8. The van der Waals surface area contributed by atoms with Gasteiger partial charge in [-0.3, -0.25) is 19.2 Å². The number of rotatable bonds is 10. The molecule has 63 heavy (non-hydrogen) atoms. The number of esters is 1. The summed E-state index contributed by atoms with van der Waals surface area (Å²) in [5.74, 6) is -0.770. The van der Waals surface area contributed by atoms with E-state index in [0.29, 0.717) is 24.2 Å². The molecule has 0 saturated heterocycles. The van der Waals surface area contributed by atoms with E-state index < -0.39 is 11.4 Å². The molecule has 2 amide bonds. The largest absolute Gasteiger partial charge is 0.481 e. The maximum absolute atomic E-state index is 13.2. The van der Waals surface area contributed by atoms with Crippen molar-refractivity contribution in [1.82, 2.24) is 10.6 Å². The molecule has 8 nitrogen and oxygen atoms in total. The molecule has 6 fully saturated rings. The first kappa shape index (κ1) is 45.8. The summed E-state index contributed by atoms with van der Waals surface area (Å²) in [6, 6.07) is 32.6. The van der Waals surface area contributed by atoms with Crippen molar-refractivity contribution in [2.45, 2.75) is 129 Å². The topological polar surface area (TPSA) is 122 Å². The lowest BCUT2D eigenvalue weighted by Crippen LogP contribution is -2.50. The van der Waals surface area contributed by atoms with Crippen LogP contribution in [0.15, 0.2) is 97.1 Å². The summed E-state index contributed by atoms with van der Waals surface area (Å²) in [5, 5.41) is 16.0. The van der Waals surface area contributed by atoms with Gasteiger partial charge >= 0.3 is 11.9 Å². The fourth-order valence-corrected chi connectivity index (χ4v) is 10.8. The number of nitrogens with one attached hydrogen (secondary N) is 2. The molecule has 0 radical (unpaired) electrons. The van der Waals surface area contributed by atoms with E-state index in [1.807, 2.05) is 48.5 Å². The molecule has 8 heteroatoms. The molecule has 0 atom stereocenters. The molecule has 6 saturated carbocycles. The van der Waals surface area contributed by atoms with Crippen molar-refractivity contribution in [3.8, 4) is 22.3 Å². The van der Waals surface area contributed by atoms with Crippen LogP contribution in [-0.4, -0.2) is 49.1 Å². The average Bonchev–Trinajstić information content (AvgIpc) is 3.30. The van der Waals surface area contributed by atoms with Crippen molar-refractivity contribution in [3.63, 3.8) is 0 Å². The minimum absolute atomic E-state index is 0.0229. The number of carboxylic acid groups (broad SMARTS) is 1. The fraction of sp³-hybridized carbons (Fsp3) is 0.491. The minimum Gasteiger partial charge on any atom is -0.481 e. The lowest BCUT2D eigenvalue weighted by molar-refractivity contribution is -0.162. The number of fused-ring (bicyclic) bond motifs is 6. The van der Waals surface area contributed by atoms with Gasteiger partial charge in [-0.15, -0.1) is 0 Å². The van der Waals surface area contributed by atoms with Gasteiger partial charge in [-0.1, -0.05) is 126 Å². The lowest BCUT2D eigenvalue weighted by Gasteiger charge is -2.51. The molecule has 6 aliphatic rings. The molecule has 4 bridgehead atoms. The van der Waals surface area contributed by atoms with Gasteiger partial charge in [0.2, 0.25) is 0 Å². The van der Waals surface area contributed by atoms with Gasteiger partial charge in [0.05, 0.1) is 17.9 Å². The number of amides is 2. The van der Waals surface area contributed by atoms with E-state index in [4.69, 9.17) is 4.74 Å². The van der Waals surface area contributed by atoms with Gasteiger partial charge < -0.3 is 20.5 Å². The lowest BCUT2D eigenvalue weighted by atomic mass is 9.53. The van der Waals surface area contributed by atoms with Crippen molar-refractivity contribution >= 4 is 23.8 Å². The van der Waals surface area contributed by atoms with E-state index in [1.165, 1.54) is 18.2 Å². The smallest absolute Gasteiger partial charge is 0.311 e. The summed E-state index contributed by atoms with van der Waals surface area (Å²) in [5.41, 5.74) is 7.48. The van der Waals surface area contributed by atoms with Gasteiger partial charge in [0, 0.05) is 24.2 Å². The maximum Gasteiger partial charge on any atom is 0.311 e. The van der Waals surface area contributed by atoms with Gasteiger partial charge in [0.1, 0.15) is 0 Å². The predicted molar refractivity (Wildman–Crippen MR) is 251 cm³/mol. The molecule has 6 aliphatic carbocycles. The highest BCUT2D eigenvalue weighted by Crippen LogP contribution is 2.58. The van der Waals surface area contributed by atoms with Crippen LogP contribution in [0.3, 0.4) is 0 Å². The third-order valence-electron chi connectivity index (χ3n) is 15.6. The first-order valence-corrected chi connectivity index (χ1v) is 23.1. The molecule has 10 rings (SSSR count). The Morgan fingerprint density at radius 3 is 1.16 bits per heavy atom.